The Balaban J connectivity index is 0.934. The lowest BCUT2D eigenvalue weighted by atomic mass is 9.91. The highest BCUT2D eigenvalue weighted by Crippen LogP contribution is 2.42. The number of esters is 1. The number of hydrogen-bond donors (Lipinski definition) is 3. The van der Waals surface area contributed by atoms with Gasteiger partial charge in [-0.1, -0.05) is 31.2 Å². The maximum absolute atomic E-state index is 14.5. The first kappa shape index (κ1) is 56.1. The van der Waals surface area contributed by atoms with Crippen molar-refractivity contribution < 1.29 is 66.7 Å². The van der Waals surface area contributed by atoms with E-state index >= 15 is 0 Å². The lowest BCUT2D eigenvalue weighted by molar-refractivity contribution is -0.162. The number of carbonyl (C=O) groups excluding carboxylic acids is 7. The smallest absolute Gasteiger partial charge is 0.329 e. The molecule has 0 aliphatic carbocycles. The van der Waals surface area contributed by atoms with Gasteiger partial charge in [0.25, 0.3) is 5.91 Å². The van der Waals surface area contributed by atoms with E-state index in [9.17, 15) is 33.6 Å². The van der Waals surface area contributed by atoms with Crippen LogP contribution in [0.15, 0.2) is 72.8 Å². The zero-order valence-corrected chi connectivity index (χ0v) is 44.2. The van der Waals surface area contributed by atoms with Gasteiger partial charge in [0.2, 0.25) is 29.4 Å². The number of ether oxygens (including phenoxy) is 7. The van der Waals surface area contributed by atoms with Gasteiger partial charge in [0.05, 0.1) is 48.0 Å². The fourth-order valence-electron chi connectivity index (χ4n) is 10.0. The molecule has 0 bridgehead atoms. The summed E-state index contributed by atoms with van der Waals surface area (Å²) in [6.45, 7) is 2.76. The van der Waals surface area contributed by atoms with E-state index in [2.05, 4.69) is 16.0 Å². The maximum atomic E-state index is 14.5. The molecule has 0 aromatic heterocycles. The summed E-state index contributed by atoms with van der Waals surface area (Å²) in [5, 5.41) is 8.33. The molecule has 19 heteroatoms. The first-order valence-corrected chi connectivity index (χ1v) is 25.8. The van der Waals surface area contributed by atoms with Gasteiger partial charge in [0, 0.05) is 42.7 Å². The number of rotatable bonds is 26. The molecular weight excluding hydrogens is 979 g/mol. The number of nitrogens with one attached hydrogen (secondary N) is 3. The molecule has 0 saturated carbocycles. The van der Waals surface area contributed by atoms with Crippen LogP contribution in [0.1, 0.15) is 116 Å². The average Bonchev–Trinajstić information content (AvgIpc) is 3.78. The van der Waals surface area contributed by atoms with Gasteiger partial charge in [-0.3, -0.25) is 34.1 Å². The van der Waals surface area contributed by atoms with Gasteiger partial charge >= 0.3 is 5.97 Å². The molecule has 3 aliphatic heterocycles. The largest absolute Gasteiger partial charge is 0.493 e. The number of unbranched alkanes of at least 4 members (excludes halogenated alkanes) is 1. The molecule has 19 nitrogen and oxygen atoms in total. The summed E-state index contributed by atoms with van der Waals surface area (Å²) in [5.74, 6) is -0.111. The Hall–Kier alpha value is -7.67. The number of ketones is 1. The summed E-state index contributed by atoms with van der Waals surface area (Å²) in [4.78, 5) is 95.4. The second-order valence-electron chi connectivity index (χ2n) is 18.9. The number of piperidine rings is 2. The number of imide groups is 1. The zero-order valence-electron chi connectivity index (χ0n) is 44.2. The lowest BCUT2D eigenvalue weighted by Crippen LogP contribution is -2.52. The number of methoxy groups -OCH3 is 5. The zero-order chi connectivity index (χ0) is 54.3. The summed E-state index contributed by atoms with van der Waals surface area (Å²) >= 11 is 0. The number of anilines is 1. The van der Waals surface area contributed by atoms with Crippen LogP contribution in [0.25, 0.3) is 0 Å². The van der Waals surface area contributed by atoms with Crippen molar-refractivity contribution in [2.24, 2.45) is 0 Å². The van der Waals surface area contributed by atoms with Crippen LogP contribution >= 0.6 is 0 Å². The molecular formula is C57H69N5O14. The predicted octanol–water partition coefficient (Wildman–Crippen LogP) is 6.63. The Labute approximate surface area is 443 Å². The second kappa shape index (κ2) is 26.7. The Morgan fingerprint density at radius 3 is 2.25 bits per heavy atom. The van der Waals surface area contributed by atoms with Crippen LogP contribution in [0.2, 0.25) is 0 Å². The number of nitrogens with zero attached hydrogens (tertiary/aromatic N) is 2. The Morgan fingerprint density at radius 2 is 1.54 bits per heavy atom. The van der Waals surface area contributed by atoms with Crippen LogP contribution < -0.4 is 44.4 Å². The standard InChI is InChI=1S/C57H69N5O14/c1-7-40(37-30-49(72-4)53(74-6)50(31-37)73-5)55(67)61-27-11-9-18-45(61)57(69)76-46(23-20-35-21-24-47(70-2)48(28-35)71-3)36-14-12-15-39(29-36)75-34-38(63)32-58-26-10-8-19-51(64)59-43-17-13-16-41-42(43)33-62(56(41)68)44-22-25-52(65)60-54(44)66/h12-17,21,24,28-31,40,44-46,58H,7-11,18-20,22-23,25-27,32-34H2,1-6H3,(H,59,64)(H,60,65,66)/t40-,44?,45-,46?/m0/s1. The molecule has 3 heterocycles. The van der Waals surface area contributed by atoms with Gasteiger partial charge in [0.1, 0.15) is 30.5 Å². The summed E-state index contributed by atoms with van der Waals surface area (Å²) in [5.41, 5.74) is 3.79. The third kappa shape index (κ3) is 13.6. The minimum absolute atomic E-state index is 0.0420. The molecule has 5 amide bonds. The van der Waals surface area contributed by atoms with Crippen molar-refractivity contribution in [3.8, 4) is 34.5 Å². The van der Waals surface area contributed by atoms with Crippen LogP contribution in [0, 0.1) is 0 Å². The predicted molar refractivity (Wildman–Crippen MR) is 280 cm³/mol. The molecule has 4 aromatic carbocycles. The number of amides is 5. The van der Waals surface area contributed by atoms with Gasteiger partial charge in [-0.05, 0) is 130 Å². The normalized spacial score (nSPS) is 16.9. The fraction of sp³-hybridized carbons (Fsp3) is 0.456. The summed E-state index contributed by atoms with van der Waals surface area (Å²) in [6.07, 6.45) is 4.22. The minimum Gasteiger partial charge on any atom is -0.493 e. The Kier molecular flexibility index (Phi) is 19.7. The van der Waals surface area contributed by atoms with Gasteiger partial charge in [0.15, 0.2) is 28.8 Å². The molecule has 4 atom stereocenters. The van der Waals surface area contributed by atoms with Crippen LogP contribution in [0.5, 0.6) is 34.5 Å². The van der Waals surface area contributed by atoms with E-state index in [0.29, 0.717) is 114 Å². The van der Waals surface area contributed by atoms with Crippen molar-refractivity contribution >= 4 is 47.0 Å². The number of likely N-dealkylation sites (tertiary alicyclic amines) is 1. The molecule has 2 saturated heterocycles. The van der Waals surface area contributed by atoms with Crippen LogP contribution in [-0.2, 0) is 46.5 Å². The van der Waals surface area contributed by atoms with Crippen molar-refractivity contribution in [1.82, 2.24) is 20.4 Å². The number of carbonyl (C=O) groups is 7. The summed E-state index contributed by atoms with van der Waals surface area (Å²) in [6, 6.07) is 19.8. The highest BCUT2D eigenvalue weighted by molar-refractivity contribution is 6.07. The third-order valence-corrected chi connectivity index (χ3v) is 14.1. The molecule has 4 aromatic rings. The van der Waals surface area contributed by atoms with Crippen LogP contribution in [0.3, 0.4) is 0 Å². The number of fused-ring (bicyclic) bond motifs is 1. The molecule has 3 aliphatic rings. The molecule has 2 unspecified atom stereocenters. The van der Waals surface area contributed by atoms with E-state index in [4.69, 9.17) is 33.2 Å². The number of benzene rings is 4. The molecule has 2 fully saturated rings. The van der Waals surface area contributed by atoms with Crippen molar-refractivity contribution in [2.45, 2.75) is 108 Å². The van der Waals surface area contributed by atoms with E-state index in [1.54, 1.807) is 67.7 Å². The first-order valence-electron chi connectivity index (χ1n) is 25.8. The molecule has 0 spiro atoms. The summed E-state index contributed by atoms with van der Waals surface area (Å²) in [7, 11) is 7.70. The van der Waals surface area contributed by atoms with Crippen LogP contribution in [-0.4, -0.2) is 125 Å². The monoisotopic (exact) mass is 1050 g/mol. The van der Waals surface area contributed by atoms with E-state index in [1.165, 1.54) is 26.2 Å². The maximum Gasteiger partial charge on any atom is 0.329 e. The molecule has 406 valence electrons. The Morgan fingerprint density at radius 1 is 0.789 bits per heavy atom. The lowest BCUT2D eigenvalue weighted by Gasteiger charge is -2.37. The highest BCUT2D eigenvalue weighted by Gasteiger charge is 2.41. The SMILES string of the molecule is CC[C@H](C(=O)N1CCCC[C@H]1C(=O)OC(CCc1ccc(OC)c(OC)c1)c1cccc(OCC(=O)CNCCCCC(=O)Nc2cccc3c2CN(C2CCC(=O)NC2=O)C3=O)c1)c1cc(OC)c(OC)c(OC)c1. The number of aryl methyl sites for hydroxylation is 1. The molecule has 7 rings (SSSR count). The van der Waals surface area contributed by atoms with Crippen molar-refractivity contribution in [1.29, 1.82) is 0 Å². The van der Waals surface area contributed by atoms with Gasteiger partial charge in [-0.25, -0.2) is 4.79 Å². The fourth-order valence-corrected chi connectivity index (χ4v) is 10.0. The number of Topliss-reactive ketones (excluding diaryl/α,β-unsaturated/α-hetero) is 1. The topological polar surface area (TPSA) is 227 Å². The highest BCUT2D eigenvalue weighted by atomic mass is 16.5. The van der Waals surface area contributed by atoms with Gasteiger partial charge < -0.3 is 53.6 Å². The first-order chi connectivity index (χ1) is 36.8. The van der Waals surface area contributed by atoms with E-state index < -0.39 is 36.0 Å². The van der Waals surface area contributed by atoms with Gasteiger partial charge in [-0.2, -0.15) is 0 Å². The minimum atomic E-state index is -0.826. The van der Waals surface area contributed by atoms with Crippen molar-refractivity contribution in [3.63, 3.8) is 0 Å². The average molecular weight is 1050 g/mol. The van der Waals surface area contributed by atoms with E-state index in [1.807, 2.05) is 31.2 Å². The second-order valence-corrected chi connectivity index (χ2v) is 18.9. The Bertz CT molecular complexity index is 2740. The van der Waals surface area contributed by atoms with Crippen LogP contribution in [0.4, 0.5) is 5.69 Å². The van der Waals surface area contributed by atoms with Crippen molar-refractivity contribution in [2.75, 3.05) is 67.1 Å². The van der Waals surface area contributed by atoms with Crippen molar-refractivity contribution in [3.05, 3.63) is 101 Å². The number of hydrogen-bond acceptors (Lipinski definition) is 15. The quantitative estimate of drug-likeness (QED) is 0.0341. The van der Waals surface area contributed by atoms with Gasteiger partial charge in [-0.15, -0.1) is 0 Å². The third-order valence-electron chi connectivity index (χ3n) is 14.1. The van der Waals surface area contributed by atoms with E-state index in [-0.39, 0.29) is 68.4 Å². The molecule has 0 radical (unpaired) electrons. The molecule has 76 heavy (non-hydrogen) atoms. The molecule has 3 N–H and O–H groups in total. The summed E-state index contributed by atoms with van der Waals surface area (Å²) < 4.78 is 40.1. The van der Waals surface area contributed by atoms with E-state index in [0.717, 1.165) is 18.4 Å².